The third-order valence-electron chi connectivity index (χ3n) is 6.27. The number of amides is 3. The first-order valence-corrected chi connectivity index (χ1v) is 10.8. The normalized spacial score (nSPS) is 16.6. The van der Waals surface area contributed by atoms with Crippen LogP contribution in [0.5, 0.6) is 0 Å². The lowest BCUT2D eigenvalue weighted by Crippen LogP contribution is -2.33. The molecule has 2 aliphatic heterocycles. The molecule has 0 saturated carbocycles. The van der Waals surface area contributed by atoms with Gasteiger partial charge >= 0.3 is 6.03 Å². The first-order valence-electron chi connectivity index (χ1n) is 10.8. The van der Waals surface area contributed by atoms with E-state index in [0.29, 0.717) is 25.2 Å². The predicted octanol–water partition coefficient (Wildman–Crippen LogP) is 3.84. The number of hydrogen-bond acceptors (Lipinski definition) is 4. The number of rotatable bonds is 6. The molecule has 0 aliphatic carbocycles. The van der Waals surface area contributed by atoms with E-state index in [1.54, 1.807) is 22.0 Å². The molecule has 3 amide bonds. The summed E-state index contributed by atoms with van der Waals surface area (Å²) >= 11 is 0. The number of nitrogens with zero attached hydrogens (tertiary/aromatic N) is 5. The van der Waals surface area contributed by atoms with Gasteiger partial charge in [-0.1, -0.05) is 42.5 Å². The highest BCUT2D eigenvalue weighted by Gasteiger charge is 2.37. The topological polar surface area (TPSA) is 70.8 Å². The van der Waals surface area contributed by atoms with E-state index in [0.717, 1.165) is 17.8 Å². The number of carbonyl (C=O) groups is 2. The van der Waals surface area contributed by atoms with Gasteiger partial charge in [-0.2, -0.15) is 5.10 Å². The fourth-order valence-electron chi connectivity index (χ4n) is 4.45. The summed E-state index contributed by atoms with van der Waals surface area (Å²) in [6.07, 6.45) is 4.04. The molecular weight excluding hydrogens is 402 g/mol. The average Bonchev–Trinajstić information content (AvgIpc) is 3.46. The second-order valence-corrected chi connectivity index (χ2v) is 8.38. The maximum absolute atomic E-state index is 13.0. The van der Waals surface area contributed by atoms with E-state index < -0.39 is 0 Å². The van der Waals surface area contributed by atoms with Crippen molar-refractivity contribution in [3.63, 3.8) is 0 Å². The van der Waals surface area contributed by atoms with E-state index in [4.69, 9.17) is 0 Å². The number of hydrogen-bond donors (Lipinski definition) is 0. The van der Waals surface area contributed by atoms with Crippen LogP contribution in [0, 0.1) is 0 Å². The van der Waals surface area contributed by atoms with Crippen LogP contribution >= 0.6 is 0 Å². The minimum atomic E-state index is -0.288. The van der Waals surface area contributed by atoms with E-state index in [-0.39, 0.29) is 18.5 Å². The minimum absolute atomic E-state index is 0.0881. The zero-order valence-corrected chi connectivity index (χ0v) is 18.3. The van der Waals surface area contributed by atoms with Crippen molar-refractivity contribution in [2.45, 2.75) is 26.8 Å². The van der Waals surface area contributed by atoms with Crippen molar-refractivity contribution in [2.75, 3.05) is 24.5 Å². The van der Waals surface area contributed by atoms with Gasteiger partial charge in [0.15, 0.2) is 0 Å². The molecule has 0 bridgehead atoms. The van der Waals surface area contributed by atoms with E-state index in [1.807, 2.05) is 25.1 Å². The summed E-state index contributed by atoms with van der Waals surface area (Å²) in [6, 6.07) is 14.1. The summed E-state index contributed by atoms with van der Waals surface area (Å²) in [7, 11) is 0. The van der Waals surface area contributed by atoms with Crippen molar-refractivity contribution in [3.05, 3.63) is 71.6 Å². The zero-order chi connectivity index (χ0) is 22.2. The lowest BCUT2D eigenvalue weighted by molar-refractivity contribution is -0.116. The predicted molar refractivity (Wildman–Crippen MR) is 125 cm³/mol. The van der Waals surface area contributed by atoms with Crippen LogP contribution in [0.4, 0.5) is 10.5 Å². The molecule has 0 atom stereocenters. The Morgan fingerprint density at radius 1 is 1.03 bits per heavy atom. The van der Waals surface area contributed by atoms with Gasteiger partial charge in [0.05, 0.1) is 25.0 Å². The number of carbonyl (C=O) groups excluding carboxylic acids is 2. The third kappa shape index (κ3) is 3.60. The molecule has 0 unspecified atom stereocenters. The highest BCUT2D eigenvalue weighted by Crippen LogP contribution is 2.24. The second-order valence-electron chi connectivity index (χ2n) is 8.38. The van der Waals surface area contributed by atoms with Gasteiger partial charge in [0.2, 0.25) is 0 Å². The third-order valence-corrected chi connectivity index (χ3v) is 6.27. The molecule has 32 heavy (non-hydrogen) atoms. The first-order chi connectivity index (χ1) is 15.5. The molecule has 2 aliphatic rings. The van der Waals surface area contributed by atoms with Gasteiger partial charge in [0.25, 0.3) is 5.91 Å². The van der Waals surface area contributed by atoms with Crippen molar-refractivity contribution in [1.29, 1.82) is 0 Å². The Labute approximate surface area is 186 Å². The molecule has 0 N–H and O–H groups in total. The fourth-order valence-corrected chi connectivity index (χ4v) is 4.45. The zero-order valence-electron chi connectivity index (χ0n) is 18.3. The average molecular weight is 428 g/mol. The maximum atomic E-state index is 13.0. The van der Waals surface area contributed by atoms with Gasteiger partial charge in [-0.05, 0) is 47.8 Å². The molecule has 0 radical (unpaired) electrons. The molecule has 3 heterocycles. The van der Waals surface area contributed by atoms with E-state index in [2.05, 4.69) is 41.3 Å². The van der Waals surface area contributed by atoms with Crippen LogP contribution < -0.4 is 4.90 Å². The lowest BCUT2D eigenvalue weighted by atomic mass is 10.0. The molecule has 162 valence electrons. The number of urea groups is 1. The Kier molecular flexibility index (Phi) is 5.09. The summed E-state index contributed by atoms with van der Waals surface area (Å²) in [6.45, 7) is 5.96. The standard InChI is InChI=1S/C25H25N5O2/c1-17-12-26-18(2)23(17)15-29-14-21(13-27-29)30-24(31)16-28(25(30)32)11-10-20-8-5-7-19-6-3-4-9-22(19)20/h3-9,13-14H,10-12,15-16H2,1-2H3. The summed E-state index contributed by atoms with van der Waals surface area (Å²) in [5.74, 6) is -0.221. The largest absolute Gasteiger partial charge is 0.331 e. The molecule has 2 aromatic carbocycles. The van der Waals surface area contributed by atoms with Gasteiger partial charge in [-0.3, -0.25) is 14.5 Å². The van der Waals surface area contributed by atoms with E-state index in [9.17, 15) is 9.59 Å². The van der Waals surface area contributed by atoms with Crippen LogP contribution in [0.1, 0.15) is 19.4 Å². The van der Waals surface area contributed by atoms with Crippen molar-refractivity contribution in [2.24, 2.45) is 4.99 Å². The van der Waals surface area contributed by atoms with Gasteiger partial charge in [0.1, 0.15) is 6.54 Å². The van der Waals surface area contributed by atoms with E-state index in [1.165, 1.54) is 26.8 Å². The number of benzene rings is 2. The summed E-state index contributed by atoms with van der Waals surface area (Å²) in [5, 5.41) is 6.74. The molecule has 3 aromatic rings. The lowest BCUT2D eigenvalue weighted by Gasteiger charge is -2.16. The Hall–Kier alpha value is -3.74. The molecule has 1 saturated heterocycles. The molecule has 7 heteroatoms. The quantitative estimate of drug-likeness (QED) is 0.561. The highest BCUT2D eigenvalue weighted by atomic mass is 16.2. The van der Waals surface area contributed by atoms with Crippen LogP contribution in [0.15, 0.2) is 71.0 Å². The van der Waals surface area contributed by atoms with Gasteiger partial charge in [-0.25, -0.2) is 9.69 Å². The number of anilines is 1. The summed E-state index contributed by atoms with van der Waals surface area (Å²) in [4.78, 5) is 33.0. The number of aromatic nitrogens is 2. The van der Waals surface area contributed by atoms with Crippen LogP contribution in [-0.4, -0.2) is 52.0 Å². The van der Waals surface area contributed by atoms with E-state index >= 15 is 0 Å². The Morgan fingerprint density at radius 3 is 2.66 bits per heavy atom. The maximum Gasteiger partial charge on any atom is 0.331 e. The second kappa shape index (κ2) is 8.07. The Balaban J connectivity index is 1.29. The SMILES string of the molecule is CC1=NCC(C)=C1Cn1cc(N2C(=O)CN(CCc3cccc4ccccc34)C2=O)cn1. The minimum Gasteiger partial charge on any atom is -0.314 e. The van der Waals surface area contributed by atoms with Crippen molar-refractivity contribution in [1.82, 2.24) is 14.7 Å². The Bertz CT molecular complexity index is 1280. The molecule has 1 aromatic heterocycles. The van der Waals surface area contributed by atoms with Crippen LogP contribution in [0.25, 0.3) is 10.8 Å². The van der Waals surface area contributed by atoms with Gasteiger partial charge in [0, 0.05) is 18.5 Å². The number of allylic oxidation sites excluding steroid dienone is 1. The van der Waals surface area contributed by atoms with Crippen molar-refractivity contribution < 1.29 is 9.59 Å². The summed E-state index contributed by atoms with van der Waals surface area (Å²) < 4.78 is 1.76. The number of aliphatic imine (C=N–C) groups is 1. The summed E-state index contributed by atoms with van der Waals surface area (Å²) in [5.41, 5.74) is 5.10. The van der Waals surface area contributed by atoms with Crippen LogP contribution in [-0.2, 0) is 17.8 Å². The van der Waals surface area contributed by atoms with Gasteiger partial charge < -0.3 is 4.90 Å². The highest BCUT2D eigenvalue weighted by molar-refractivity contribution is 6.19. The number of fused-ring (bicyclic) bond motifs is 1. The smallest absolute Gasteiger partial charge is 0.314 e. The Morgan fingerprint density at radius 2 is 1.84 bits per heavy atom. The molecule has 7 nitrogen and oxygen atoms in total. The van der Waals surface area contributed by atoms with Crippen LogP contribution in [0.2, 0.25) is 0 Å². The molecule has 5 rings (SSSR count). The molecule has 0 spiro atoms. The monoisotopic (exact) mass is 427 g/mol. The van der Waals surface area contributed by atoms with Gasteiger partial charge in [-0.15, -0.1) is 0 Å². The number of imide groups is 1. The molecule has 1 fully saturated rings. The fraction of sp³-hybridized carbons (Fsp3) is 0.280. The van der Waals surface area contributed by atoms with Crippen molar-refractivity contribution in [3.8, 4) is 0 Å². The van der Waals surface area contributed by atoms with Crippen LogP contribution in [0.3, 0.4) is 0 Å². The molecular formula is C25H25N5O2. The van der Waals surface area contributed by atoms with Crippen molar-refractivity contribution >= 4 is 34.1 Å². The first kappa shape index (κ1) is 20.2.